The molecule has 2 bridgehead atoms. The Labute approximate surface area is 289 Å². The minimum absolute atomic E-state index is 0.116. The SMILES string of the molecule is COc1ccc(CCn2c(-c3cnccn3)nc3cc(N=C(N[C@H]4C[C@@H]5C[C@@H]([C@H]4C)C5(C)C)N4CCN[C@@H](C(F)F)C4)ccc3c2=O)c(F)c1. The molecule has 4 fully saturated rings. The van der Waals surface area contributed by atoms with Crippen LogP contribution in [0.4, 0.5) is 18.9 Å². The number of piperazine rings is 1. The molecule has 2 aromatic heterocycles. The summed E-state index contributed by atoms with van der Waals surface area (Å²) < 4.78 is 49.1. The number of halogens is 3. The number of methoxy groups -OCH3 is 1. The molecule has 1 saturated heterocycles. The number of benzene rings is 2. The first-order valence-corrected chi connectivity index (χ1v) is 17.3. The lowest BCUT2D eigenvalue weighted by Gasteiger charge is -2.62. The van der Waals surface area contributed by atoms with E-state index >= 15 is 0 Å². The van der Waals surface area contributed by atoms with E-state index in [0.29, 0.717) is 81.6 Å². The van der Waals surface area contributed by atoms with Crippen molar-refractivity contribution in [3.63, 3.8) is 0 Å². The van der Waals surface area contributed by atoms with E-state index in [4.69, 9.17) is 14.7 Å². The van der Waals surface area contributed by atoms with Gasteiger partial charge in [0.05, 0.1) is 35.9 Å². The molecule has 8 rings (SSSR count). The van der Waals surface area contributed by atoms with Crippen molar-refractivity contribution in [3.05, 3.63) is 76.7 Å². The predicted molar refractivity (Wildman–Crippen MR) is 186 cm³/mol. The molecular weight excluding hydrogens is 645 g/mol. The van der Waals surface area contributed by atoms with Gasteiger partial charge >= 0.3 is 0 Å². The molecule has 10 nitrogen and oxygen atoms in total. The Morgan fingerprint density at radius 2 is 2.02 bits per heavy atom. The number of fused-ring (bicyclic) bond motifs is 3. The number of guanidine groups is 1. The quantitative estimate of drug-likeness (QED) is 0.187. The van der Waals surface area contributed by atoms with Gasteiger partial charge in [-0.3, -0.25) is 14.3 Å². The minimum atomic E-state index is -2.51. The Kier molecular flexibility index (Phi) is 9.27. The van der Waals surface area contributed by atoms with E-state index in [9.17, 15) is 18.0 Å². The van der Waals surface area contributed by atoms with Crippen molar-refractivity contribution in [2.75, 3.05) is 26.7 Å². The molecule has 5 atom stereocenters. The van der Waals surface area contributed by atoms with Gasteiger partial charge in [-0.25, -0.2) is 28.1 Å². The monoisotopic (exact) mass is 688 g/mol. The van der Waals surface area contributed by atoms with Crippen LogP contribution in [0.1, 0.15) is 39.2 Å². The van der Waals surface area contributed by atoms with E-state index < -0.39 is 18.3 Å². The average molecular weight is 689 g/mol. The number of ether oxygens (including phenoxy) is 1. The largest absolute Gasteiger partial charge is 0.497 e. The van der Waals surface area contributed by atoms with Gasteiger partial charge in [-0.1, -0.05) is 26.8 Å². The Morgan fingerprint density at radius 3 is 2.72 bits per heavy atom. The van der Waals surface area contributed by atoms with Crippen molar-refractivity contribution in [3.8, 4) is 17.3 Å². The van der Waals surface area contributed by atoms with Gasteiger partial charge in [-0.2, -0.15) is 0 Å². The smallest absolute Gasteiger partial charge is 0.261 e. The van der Waals surface area contributed by atoms with Crippen LogP contribution in [0.2, 0.25) is 0 Å². The molecule has 3 heterocycles. The Hall–Kier alpha value is -4.52. The molecule has 13 heteroatoms. The zero-order chi connectivity index (χ0) is 35.2. The number of hydrogen-bond donors (Lipinski definition) is 2. The zero-order valence-electron chi connectivity index (χ0n) is 28.7. The van der Waals surface area contributed by atoms with Gasteiger partial charge in [-0.05, 0) is 72.3 Å². The van der Waals surface area contributed by atoms with Gasteiger partial charge < -0.3 is 20.3 Å². The first-order valence-electron chi connectivity index (χ1n) is 17.3. The molecule has 3 aliphatic carbocycles. The van der Waals surface area contributed by atoms with Crippen molar-refractivity contribution >= 4 is 22.5 Å². The fraction of sp³-hybridized carbons (Fsp3) is 0.486. The van der Waals surface area contributed by atoms with Crippen LogP contribution in [0, 0.1) is 29.0 Å². The number of aryl methyl sites for hydroxylation is 1. The highest BCUT2D eigenvalue weighted by atomic mass is 19.3. The summed E-state index contributed by atoms with van der Waals surface area (Å²) in [6, 6.07) is 9.01. The second-order valence-corrected chi connectivity index (χ2v) is 14.4. The summed E-state index contributed by atoms with van der Waals surface area (Å²) in [4.78, 5) is 34.4. The summed E-state index contributed by atoms with van der Waals surface area (Å²) in [6.07, 6.45) is 4.53. The average Bonchev–Trinajstić information content (AvgIpc) is 3.12. The van der Waals surface area contributed by atoms with E-state index in [1.54, 1.807) is 30.3 Å². The van der Waals surface area contributed by atoms with Gasteiger partial charge in [0.25, 0.3) is 12.0 Å². The van der Waals surface area contributed by atoms with E-state index in [2.05, 4.69) is 41.4 Å². The molecule has 0 spiro atoms. The molecule has 3 saturated carbocycles. The fourth-order valence-corrected chi connectivity index (χ4v) is 8.15. The molecule has 2 N–H and O–H groups in total. The number of rotatable bonds is 8. The van der Waals surface area contributed by atoms with Crippen molar-refractivity contribution < 1.29 is 17.9 Å². The predicted octanol–water partition coefficient (Wildman–Crippen LogP) is 5.43. The van der Waals surface area contributed by atoms with Crippen LogP contribution in [0.15, 0.2) is 64.8 Å². The maximum Gasteiger partial charge on any atom is 0.261 e. The highest BCUT2D eigenvalue weighted by molar-refractivity contribution is 5.87. The van der Waals surface area contributed by atoms with E-state index in [-0.39, 0.29) is 31.1 Å². The number of hydrogen-bond acceptors (Lipinski definition) is 7. The number of alkyl halides is 2. The number of aliphatic imine (C=N–C) groups is 1. The summed E-state index contributed by atoms with van der Waals surface area (Å²) in [6.45, 7) is 8.17. The summed E-state index contributed by atoms with van der Waals surface area (Å²) in [5, 5.41) is 6.99. The lowest BCUT2D eigenvalue weighted by Crippen LogP contribution is -2.64. The molecule has 264 valence electrons. The Morgan fingerprint density at radius 1 is 1.18 bits per heavy atom. The van der Waals surface area contributed by atoms with Crippen LogP contribution in [-0.4, -0.2) is 75.6 Å². The molecule has 4 aromatic rings. The van der Waals surface area contributed by atoms with Gasteiger partial charge in [0.2, 0.25) is 0 Å². The summed E-state index contributed by atoms with van der Waals surface area (Å²) in [7, 11) is 1.48. The summed E-state index contributed by atoms with van der Waals surface area (Å²) in [5.41, 5.74) is 1.76. The van der Waals surface area contributed by atoms with E-state index in [0.717, 1.165) is 6.42 Å². The first kappa shape index (κ1) is 34.0. The molecule has 50 heavy (non-hydrogen) atoms. The summed E-state index contributed by atoms with van der Waals surface area (Å²) >= 11 is 0. The highest BCUT2D eigenvalue weighted by Gasteiger charge is 2.56. The maximum atomic E-state index is 14.8. The van der Waals surface area contributed by atoms with Crippen LogP contribution >= 0.6 is 0 Å². The van der Waals surface area contributed by atoms with Crippen LogP contribution in [0.3, 0.4) is 0 Å². The zero-order valence-corrected chi connectivity index (χ0v) is 28.7. The third kappa shape index (κ3) is 6.43. The lowest BCUT2D eigenvalue weighted by molar-refractivity contribution is -0.112. The van der Waals surface area contributed by atoms with Crippen molar-refractivity contribution in [1.29, 1.82) is 0 Å². The van der Waals surface area contributed by atoms with Crippen molar-refractivity contribution in [1.82, 2.24) is 35.1 Å². The number of nitrogens with one attached hydrogen (secondary N) is 2. The van der Waals surface area contributed by atoms with Gasteiger partial charge in [-0.15, -0.1) is 0 Å². The molecular formula is C37H43F3N8O2. The molecule has 2 aromatic carbocycles. The normalized spacial score (nSPS) is 24.7. The molecule has 0 radical (unpaired) electrons. The van der Waals surface area contributed by atoms with Gasteiger partial charge in [0.1, 0.15) is 17.3 Å². The highest BCUT2D eigenvalue weighted by Crippen LogP contribution is 2.61. The molecule has 0 amide bonds. The van der Waals surface area contributed by atoms with Crippen LogP contribution < -0.4 is 20.9 Å². The standard InChI is InChI=1S/C37H43F3N8O2/c1-21-27-15-23(37(27,2)3)16-29(21)46-36(47-14-12-43-32(20-47)33(39)40)44-24-6-8-26-30(17-24)45-34(31-19-41-10-11-42-31)48(35(26)49)13-9-22-5-7-25(50-4)18-28(22)38/h5-8,10-11,17-19,21,23,27,29,32-33,43H,9,12-16,20H2,1-4H3,(H,44,46)/t21-,23+,27+,29+,32-/m1/s1. The number of aromatic nitrogens is 4. The van der Waals surface area contributed by atoms with Crippen LogP contribution in [-0.2, 0) is 13.0 Å². The molecule has 4 aliphatic rings. The van der Waals surface area contributed by atoms with E-state index in [1.807, 2.05) is 4.90 Å². The third-order valence-electron chi connectivity index (χ3n) is 11.3. The van der Waals surface area contributed by atoms with Gasteiger partial charge in [0, 0.05) is 50.7 Å². The Bertz CT molecular complexity index is 1950. The first-order chi connectivity index (χ1) is 24.0. The van der Waals surface area contributed by atoms with Crippen molar-refractivity contribution in [2.45, 2.75) is 65.1 Å². The van der Waals surface area contributed by atoms with Crippen LogP contribution in [0.5, 0.6) is 5.75 Å². The second kappa shape index (κ2) is 13.7. The molecule has 0 unspecified atom stereocenters. The third-order valence-corrected chi connectivity index (χ3v) is 11.3. The summed E-state index contributed by atoms with van der Waals surface area (Å²) in [5.74, 6) is 2.42. The molecule has 1 aliphatic heterocycles. The van der Waals surface area contributed by atoms with E-state index in [1.165, 1.54) is 42.8 Å². The van der Waals surface area contributed by atoms with Gasteiger partial charge in [0.15, 0.2) is 11.8 Å². The lowest BCUT2D eigenvalue weighted by atomic mass is 9.45. The second-order valence-electron chi connectivity index (χ2n) is 14.4. The van der Waals surface area contributed by atoms with Crippen LogP contribution in [0.25, 0.3) is 22.4 Å². The maximum absolute atomic E-state index is 14.8. The Balaban J connectivity index is 1.25. The minimum Gasteiger partial charge on any atom is -0.497 e. The number of nitrogens with zero attached hydrogens (tertiary/aromatic N) is 6. The topological polar surface area (TPSA) is 110 Å². The fourth-order valence-electron chi connectivity index (χ4n) is 8.15. The van der Waals surface area contributed by atoms with Crippen molar-refractivity contribution in [2.24, 2.45) is 28.2 Å².